The lowest BCUT2D eigenvalue weighted by atomic mass is 10.2. The Morgan fingerprint density at radius 3 is 2.77 bits per heavy atom. The predicted octanol–water partition coefficient (Wildman–Crippen LogP) is 3.34. The van der Waals surface area contributed by atoms with Crippen LogP contribution in [0.25, 0.3) is 11.4 Å². The molecular weight excluding hydrogens is 358 g/mol. The number of benzene rings is 2. The summed E-state index contributed by atoms with van der Waals surface area (Å²) in [6, 6.07) is 12.1. The van der Waals surface area contributed by atoms with Crippen molar-refractivity contribution in [3.8, 4) is 22.9 Å². The fourth-order valence-electron chi connectivity index (χ4n) is 2.27. The Morgan fingerprint density at radius 1 is 1.19 bits per heavy atom. The largest absolute Gasteiger partial charge is 0.497 e. The normalized spacial score (nSPS) is 10.4. The van der Waals surface area contributed by atoms with Crippen LogP contribution in [0.15, 0.2) is 47.0 Å². The number of carbonyl (C=O) groups excluding carboxylic acids is 1. The molecule has 2 aromatic carbocycles. The standard InChI is InChI=1S/C18H16ClN3O4/c1-24-13-5-3-4-11(8-13)17-21-16(26-22-17)10-20-18(23)12-6-7-15(25-2)14(19)9-12/h3-9H,10H2,1-2H3,(H,20,23). The molecule has 0 spiro atoms. The molecule has 1 N–H and O–H groups in total. The number of nitrogens with one attached hydrogen (secondary N) is 1. The minimum Gasteiger partial charge on any atom is -0.497 e. The van der Waals surface area contributed by atoms with Crippen LogP contribution in [-0.4, -0.2) is 30.3 Å². The van der Waals surface area contributed by atoms with E-state index in [1.54, 1.807) is 25.3 Å². The fraction of sp³-hybridized carbons (Fsp3) is 0.167. The van der Waals surface area contributed by atoms with E-state index in [1.165, 1.54) is 13.2 Å². The molecule has 1 aromatic heterocycles. The minimum atomic E-state index is -0.310. The van der Waals surface area contributed by atoms with Gasteiger partial charge in [0.2, 0.25) is 11.7 Å². The van der Waals surface area contributed by atoms with Crippen molar-refractivity contribution >= 4 is 17.5 Å². The molecular formula is C18H16ClN3O4. The van der Waals surface area contributed by atoms with Crippen LogP contribution in [0.1, 0.15) is 16.2 Å². The van der Waals surface area contributed by atoms with Crippen LogP contribution < -0.4 is 14.8 Å². The zero-order chi connectivity index (χ0) is 18.5. The quantitative estimate of drug-likeness (QED) is 0.713. The van der Waals surface area contributed by atoms with Gasteiger partial charge in [0, 0.05) is 11.1 Å². The number of rotatable bonds is 6. The second-order valence-electron chi connectivity index (χ2n) is 5.28. The Hall–Kier alpha value is -3.06. The number of amides is 1. The highest BCUT2D eigenvalue weighted by Gasteiger charge is 2.13. The van der Waals surface area contributed by atoms with Crippen LogP contribution in [-0.2, 0) is 6.54 Å². The second kappa shape index (κ2) is 7.88. The van der Waals surface area contributed by atoms with E-state index in [0.717, 1.165) is 5.56 Å². The van der Waals surface area contributed by atoms with Crippen LogP contribution >= 0.6 is 11.6 Å². The monoisotopic (exact) mass is 373 g/mol. The molecule has 1 amide bonds. The molecule has 8 heteroatoms. The third kappa shape index (κ3) is 3.94. The van der Waals surface area contributed by atoms with Crippen molar-refractivity contribution in [3.63, 3.8) is 0 Å². The van der Waals surface area contributed by atoms with Gasteiger partial charge in [-0.1, -0.05) is 28.9 Å². The van der Waals surface area contributed by atoms with E-state index in [4.69, 9.17) is 25.6 Å². The Balaban J connectivity index is 1.66. The molecule has 0 atom stereocenters. The van der Waals surface area contributed by atoms with Gasteiger partial charge in [-0.2, -0.15) is 4.98 Å². The lowest BCUT2D eigenvalue weighted by Gasteiger charge is -2.06. The lowest BCUT2D eigenvalue weighted by Crippen LogP contribution is -2.22. The van der Waals surface area contributed by atoms with Crippen LogP contribution in [0.4, 0.5) is 0 Å². The van der Waals surface area contributed by atoms with E-state index in [9.17, 15) is 4.79 Å². The Kier molecular flexibility index (Phi) is 5.38. The summed E-state index contributed by atoms with van der Waals surface area (Å²) in [7, 11) is 3.10. The number of hydrogen-bond acceptors (Lipinski definition) is 6. The Labute approximate surface area is 154 Å². The first-order valence-corrected chi connectivity index (χ1v) is 8.07. The average molecular weight is 374 g/mol. The fourth-order valence-corrected chi connectivity index (χ4v) is 2.53. The van der Waals surface area contributed by atoms with Gasteiger partial charge in [-0.15, -0.1) is 0 Å². The molecule has 0 unspecified atom stereocenters. The predicted molar refractivity (Wildman–Crippen MR) is 95.5 cm³/mol. The number of nitrogens with zero attached hydrogens (tertiary/aromatic N) is 2. The summed E-state index contributed by atoms with van der Waals surface area (Å²) in [5.74, 6) is 1.59. The van der Waals surface area contributed by atoms with E-state index in [0.29, 0.717) is 27.9 Å². The zero-order valence-corrected chi connectivity index (χ0v) is 14.9. The molecule has 26 heavy (non-hydrogen) atoms. The van der Waals surface area contributed by atoms with Crippen molar-refractivity contribution in [2.75, 3.05) is 14.2 Å². The summed E-state index contributed by atoms with van der Waals surface area (Å²) < 4.78 is 15.4. The smallest absolute Gasteiger partial charge is 0.251 e. The number of hydrogen-bond donors (Lipinski definition) is 1. The number of aromatic nitrogens is 2. The SMILES string of the molecule is COc1cccc(-c2noc(CNC(=O)c3ccc(OC)c(Cl)c3)n2)c1. The highest BCUT2D eigenvalue weighted by atomic mass is 35.5. The first-order valence-electron chi connectivity index (χ1n) is 7.69. The van der Waals surface area contributed by atoms with Gasteiger partial charge in [-0.25, -0.2) is 0 Å². The van der Waals surface area contributed by atoms with Crippen LogP contribution in [0, 0.1) is 0 Å². The third-order valence-corrected chi connectivity index (χ3v) is 3.91. The van der Waals surface area contributed by atoms with E-state index in [-0.39, 0.29) is 18.3 Å². The van der Waals surface area contributed by atoms with Gasteiger partial charge in [-0.3, -0.25) is 4.79 Å². The molecule has 0 saturated carbocycles. The van der Waals surface area contributed by atoms with Crippen molar-refractivity contribution < 1.29 is 18.8 Å². The molecule has 0 saturated heterocycles. The molecule has 3 aromatic rings. The first-order chi connectivity index (χ1) is 12.6. The molecule has 0 radical (unpaired) electrons. The number of halogens is 1. The Morgan fingerprint density at radius 2 is 2.04 bits per heavy atom. The van der Waals surface area contributed by atoms with E-state index >= 15 is 0 Å². The van der Waals surface area contributed by atoms with Crippen molar-refractivity contribution in [1.29, 1.82) is 0 Å². The number of carbonyl (C=O) groups is 1. The van der Waals surface area contributed by atoms with Crippen molar-refractivity contribution in [2.24, 2.45) is 0 Å². The second-order valence-corrected chi connectivity index (χ2v) is 5.68. The summed E-state index contributed by atoms with van der Waals surface area (Å²) in [6.07, 6.45) is 0. The van der Waals surface area contributed by atoms with E-state index in [1.807, 2.05) is 18.2 Å². The van der Waals surface area contributed by atoms with Crippen LogP contribution in [0.3, 0.4) is 0 Å². The summed E-state index contributed by atoms with van der Waals surface area (Å²) in [5, 5.41) is 6.99. The lowest BCUT2D eigenvalue weighted by molar-refractivity contribution is 0.0946. The van der Waals surface area contributed by atoms with Crippen molar-refractivity contribution in [1.82, 2.24) is 15.5 Å². The Bertz CT molecular complexity index is 926. The van der Waals surface area contributed by atoms with Gasteiger partial charge in [0.15, 0.2) is 0 Å². The van der Waals surface area contributed by atoms with E-state index < -0.39 is 0 Å². The number of ether oxygens (including phenoxy) is 2. The highest BCUT2D eigenvalue weighted by molar-refractivity contribution is 6.32. The van der Waals surface area contributed by atoms with Crippen molar-refractivity contribution in [2.45, 2.75) is 6.54 Å². The van der Waals surface area contributed by atoms with Gasteiger partial charge >= 0.3 is 0 Å². The van der Waals surface area contributed by atoms with E-state index in [2.05, 4.69) is 15.5 Å². The molecule has 1 heterocycles. The van der Waals surface area contributed by atoms with Gasteiger partial charge in [0.05, 0.1) is 25.8 Å². The van der Waals surface area contributed by atoms with Crippen LogP contribution in [0.5, 0.6) is 11.5 Å². The summed E-state index contributed by atoms with van der Waals surface area (Å²) in [5.41, 5.74) is 1.16. The maximum atomic E-state index is 12.2. The summed E-state index contributed by atoms with van der Waals surface area (Å²) in [6.45, 7) is 0.0967. The molecule has 0 aliphatic carbocycles. The highest BCUT2D eigenvalue weighted by Crippen LogP contribution is 2.25. The summed E-state index contributed by atoms with van der Waals surface area (Å²) in [4.78, 5) is 16.5. The molecule has 0 aliphatic heterocycles. The maximum Gasteiger partial charge on any atom is 0.251 e. The zero-order valence-electron chi connectivity index (χ0n) is 14.2. The topological polar surface area (TPSA) is 86.5 Å². The van der Waals surface area contributed by atoms with Gasteiger partial charge < -0.3 is 19.3 Å². The molecule has 3 rings (SSSR count). The molecule has 0 bridgehead atoms. The molecule has 7 nitrogen and oxygen atoms in total. The third-order valence-electron chi connectivity index (χ3n) is 3.61. The first kappa shape index (κ1) is 17.8. The maximum absolute atomic E-state index is 12.2. The van der Waals surface area contributed by atoms with Crippen molar-refractivity contribution in [3.05, 3.63) is 58.9 Å². The summed E-state index contributed by atoms with van der Waals surface area (Å²) >= 11 is 6.03. The van der Waals surface area contributed by atoms with Gasteiger partial charge in [-0.05, 0) is 30.3 Å². The number of methoxy groups -OCH3 is 2. The minimum absolute atomic E-state index is 0.0967. The van der Waals surface area contributed by atoms with Gasteiger partial charge in [0.25, 0.3) is 5.91 Å². The van der Waals surface area contributed by atoms with Gasteiger partial charge in [0.1, 0.15) is 11.5 Å². The molecule has 0 aliphatic rings. The average Bonchev–Trinajstić information content (AvgIpc) is 3.15. The van der Waals surface area contributed by atoms with Crippen LogP contribution in [0.2, 0.25) is 5.02 Å². The molecule has 0 fully saturated rings. The molecule has 134 valence electrons.